The summed E-state index contributed by atoms with van der Waals surface area (Å²) in [5.74, 6) is -1.46. The van der Waals surface area contributed by atoms with Gasteiger partial charge >= 0.3 is 11.2 Å². The summed E-state index contributed by atoms with van der Waals surface area (Å²) in [5, 5.41) is 43.0. The highest BCUT2D eigenvalue weighted by molar-refractivity contribution is 5.63. The van der Waals surface area contributed by atoms with Crippen LogP contribution in [0.5, 0.6) is 0 Å². The third-order valence-corrected chi connectivity index (χ3v) is 5.04. The van der Waals surface area contributed by atoms with E-state index in [1.807, 2.05) is 6.08 Å². The highest BCUT2D eigenvalue weighted by atomic mass is 16.8. The van der Waals surface area contributed by atoms with Gasteiger partial charge in [-0.1, -0.05) is 12.2 Å². The molecule has 11 nitrogen and oxygen atoms in total. The maximum atomic E-state index is 12.0. The van der Waals surface area contributed by atoms with E-state index in [9.17, 15) is 20.5 Å². The number of nitrogens with zero attached hydrogens (tertiary/aromatic N) is 5. The molecule has 0 N–H and O–H groups in total. The number of hydrogen-bond donors (Lipinski definition) is 0. The SMILES string of the molecule is O=[N+]([O-])[C@]12c3no[n+]([O-])c3-c3no[n+]([O-])c3[C@H]1[C@@H]1C=C[C@H]2C1. The monoisotopic (exact) mass is 305 g/mol. The van der Waals surface area contributed by atoms with Gasteiger partial charge in [-0.3, -0.25) is 19.4 Å². The van der Waals surface area contributed by atoms with Gasteiger partial charge in [0, 0.05) is 10.1 Å². The molecule has 3 aliphatic carbocycles. The first kappa shape index (κ1) is 11.7. The fourth-order valence-corrected chi connectivity index (χ4v) is 4.32. The Labute approximate surface area is 120 Å². The molecule has 0 unspecified atom stereocenters. The van der Waals surface area contributed by atoms with Crippen LogP contribution >= 0.6 is 0 Å². The van der Waals surface area contributed by atoms with Crippen molar-refractivity contribution >= 4 is 0 Å². The highest BCUT2D eigenvalue weighted by Crippen LogP contribution is 2.64. The molecule has 1 saturated carbocycles. The molecule has 5 rings (SSSR count). The lowest BCUT2D eigenvalue weighted by Gasteiger charge is -2.30. The van der Waals surface area contributed by atoms with Crippen molar-refractivity contribution in [2.45, 2.75) is 17.9 Å². The summed E-state index contributed by atoms with van der Waals surface area (Å²) in [6, 6.07) is 0. The molecule has 11 heteroatoms. The standard InChI is InChI=1S/C11H7N5O6/c17-14-8-6-4-1-2-5(3-4)11(6,16(19)20)10-9(7(8)12-21-14)15(18)22-13-10/h1-2,4-6H,3H2/t4-,5+,6-,11+/m1/s1. The van der Waals surface area contributed by atoms with Crippen LogP contribution in [0.1, 0.15) is 23.7 Å². The molecule has 3 aliphatic rings. The molecule has 0 radical (unpaired) electrons. The zero-order valence-electron chi connectivity index (χ0n) is 10.8. The Hall–Kier alpha value is -2.98. The molecule has 2 heterocycles. The van der Waals surface area contributed by atoms with Gasteiger partial charge in [0.05, 0.1) is 11.1 Å². The van der Waals surface area contributed by atoms with Crippen molar-refractivity contribution < 1.29 is 24.0 Å². The zero-order chi connectivity index (χ0) is 15.2. The van der Waals surface area contributed by atoms with Crippen molar-refractivity contribution in [2.75, 3.05) is 0 Å². The number of aromatic nitrogens is 4. The minimum absolute atomic E-state index is 0.00569. The molecular formula is C11H7N5O6. The van der Waals surface area contributed by atoms with E-state index in [1.165, 1.54) is 0 Å². The fourth-order valence-electron chi connectivity index (χ4n) is 4.32. The highest BCUT2D eigenvalue weighted by Gasteiger charge is 2.77. The van der Waals surface area contributed by atoms with Crippen LogP contribution in [0.15, 0.2) is 21.4 Å². The molecule has 0 aliphatic heterocycles. The van der Waals surface area contributed by atoms with Gasteiger partial charge in [-0.05, 0) is 22.1 Å². The molecular weight excluding hydrogens is 298 g/mol. The molecule has 0 spiro atoms. The Morgan fingerprint density at radius 2 is 2.05 bits per heavy atom. The lowest BCUT2D eigenvalue weighted by molar-refractivity contribution is -0.811. The summed E-state index contributed by atoms with van der Waals surface area (Å²) < 4.78 is 9.15. The summed E-state index contributed by atoms with van der Waals surface area (Å²) in [4.78, 5) is 11.7. The van der Waals surface area contributed by atoms with E-state index in [1.54, 1.807) is 6.08 Å². The van der Waals surface area contributed by atoms with E-state index in [0.717, 1.165) is 0 Å². The summed E-state index contributed by atoms with van der Waals surface area (Å²) in [6.45, 7) is 0. The minimum Gasteiger partial charge on any atom is -0.359 e. The third-order valence-electron chi connectivity index (χ3n) is 5.04. The van der Waals surface area contributed by atoms with Gasteiger partial charge in [-0.2, -0.15) is 0 Å². The lowest BCUT2D eigenvalue weighted by Crippen LogP contribution is -2.51. The van der Waals surface area contributed by atoms with Crippen LogP contribution in [0.3, 0.4) is 0 Å². The Morgan fingerprint density at radius 1 is 1.27 bits per heavy atom. The average Bonchev–Trinajstić information content (AvgIpc) is 3.21. The topological polar surface area (TPSA) is 149 Å². The van der Waals surface area contributed by atoms with Gasteiger partial charge in [0.1, 0.15) is 5.92 Å². The first-order chi connectivity index (χ1) is 10.6. The second-order valence-electron chi connectivity index (χ2n) is 5.74. The fraction of sp³-hybridized carbons (Fsp3) is 0.455. The van der Waals surface area contributed by atoms with Crippen LogP contribution in [0.25, 0.3) is 11.4 Å². The van der Waals surface area contributed by atoms with Crippen molar-refractivity contribution in [2.24, 2.45) is 11.8 Å². The summed E-state index contributed by atoms with van der Waals surface area (Å²) in [7, 11) is 0. The van der Waals surface area contributed by atoms with Crippen LogP contribution in [0.4, 0.5) is 0 Å². The van der Waals surface area contributed by atoms with E-state index in [-0.39, 0.29) is 38.5 Å². The number of fused-ring (bicyclic) bond motifs is 10. The maximum absolute atomic E-state index is 12.0. The first-order valence-corrected chi connectivity index (χ1v) is 6.59. The summed E-state index contributed by atoms with van der Waals surface area (Å²) in [6.07, 6.45) is 4.09. The van der Waals surface area contributed by atoms with Crippen molar-refractivity contribution in [1.29, 1.82) is 0 Å². The first-order valence-electron chi connectivity index (χ1n) is 6.59. The predicted octanol–water partition coefficient (Wildman–Crippen LogP) is -0.629. The van der Waals surface area contributed by atoms with Crippen molar-refractivity contribution in [3.8, 4) is 11.4 Å². The molecule has 4 atom stereocenters. The molecule has 1 fully saturated rings. The van der Waals surface area contributed by atoms with Gasteiger partial charge in [-0.25, -0.2) is 0 Å². The Bertz CT molecular complexity index is 870. The van der Waals surface area contributed by atoms with Crippen molar-refractivity contribution in [1.82, 2.24) is 10.3 Å². The minimum atomic E-state index is -1.70. The van der Waals surface area contributed by atoms with Gasteiger partial charge < -0.3 is 10.4 Å². The number of hydrogen-bond acceptors (Lipinski definition) is 8. The molecule has 0 amide bonds. The van der Waals surface area contributed by atoms with Crippen LogP contribution in [0.2, 0.25) is 0 Å². The second kappa shape index (κ2) is 3.26. The number of allylic oxidation sites excluding steroid dienone is 1. The molecule has 0 saturated heterocycles. The number of nitro groups is 1. The van der Waals surface area contributed by atoms with Crippen molar-refractivity contribution in [3.63, 3.8) is 0 Å². The summed E-state index contributed by atoms with van der Waals surface area (Å²) >= 11 is 0. The van der Waals surface area contributed by atoms with Crippen LogP contribution in [-0.2, 0) is 5.54 Å². The van der Waals surface area contributed by atoms with E-state index >= 15 is 0 Å². The summed E-state index contributed by atoms with van der Waals surface area (Å²) in [5.41, 5.74) is -2.05. The smallest absolute Gasteiger partial charge is 0.310 e. The molecule has 2 bridgehead atoms. The van der Waals surface area contributed by atoms with Gasteiger partial charge in [0.25, 0.3) is 11.4 Å². The van der Waals surface area contributed by atoms with E-state index in [0.29, 0.717) is 6.42 Å². The maximum Gasteiger partial charge on any atom is 0.310 e. The molecule has 112 valence electrons. The van der Waals surface area contributed by atoms with Gasteiger partial charge in [0.15, 0.2) is 0 Å². The second-order valence-corrected chi connectivity index (χ2v) is 5.74. The quantitative estimate of drug-likeness (QED) is 0.292. The largest absolute Gasteiger partial charge is 0.359 e. The molecule has 22 heavy (non-hydrogen) atoms. The normalized spacial score (nSPS) is 33.5. The Balaban J connectivity index is 1.96. The molecule has 2 aromatic heterocycles. The molecule has 0 aromatic carbocycles. The van der Waals surface area contributed by atoms with Crippen LogP contribution < -0.4 is 9.81 Å². The predicted molar refractivity (Wildman–Crippen MR) is 62.1 cm³/mol. The lowest BCUT2D eigenvalue weighted by atomic mass is 9.68. The molecule has 2 aromatic rings. The van der Waals surface area contributed by atoms with Gasteiger partial charge in [-0.15, -0.1) is 0 Å². The number of rotatable bonds is 1. The van der Waals surface area contributed by atoms with Gasteiger partial charge in [0.2, 0.25) is 5.69 Å². The van der Waals surface area contributed by atoms with E-state index < -0.39 is 22.3 Å². The van der Waals surface area contributed by atoms with E-state index in [2.05, 4.69) is 19.6 Å². The zero-order valence-corrected chi connectivity index (χ0v) is 10.8. The Kier molecular flexibility index (Phi) is 1.73. The van der Waals surface area contributed by atoms with Crippen LogP contribution in [-0.4, -0.2) is 15.2 Å². The van der Waals surface area contributed by atoms with Crippen molar-refractivity contribution in [3.05, 3.63) is 44.1 Å². The average molecular weight is 305 g/mol. The van der Waals surface area contributed by atoms with Crippen LogP contribution in [0, 0.1) is 32.4 Å². The third kappa shape index (κ3) is 0.944. The Morgan fingerprint density at radius 3 is 2.82 bits per heavy atom. The van der Waals surface area contributed by atoms with E-state index in [4.69, 9.17) is 0 Å².